The third-order valence-corrected chi connectivity index (χ3v) is 4.34. The molecule has 0 aromatic heterocycles. The average molecular weight is 346 g/mol. The smallest absolute Gasteiger partial charge is 0.254 e. The van der Waals surface area contributed by atoms with Crippen molar-refractivity contribution < 1.29 is 13.2 Å². The first-order chi connectivity index (χ1) is 11.2. The van der Waals surface area contributed by atoms with Crippen LogP contribution in [0, 0.1) is 13.8 Å². The lowest BCUT2D eigenvalue weighted by Gasteiger charge is -2.20. The van der Waals surface area contributed by atoms with Crippen LogP contribution in [0.5, 0.6) is 0 Å². The monoisotopic (exact) mass is 346 g/mol. The van der Waals surface area contributed by atoms with Gasteiger partial charge in [0.2, 0.25) is 10.0 Å². The van der Waals surface area contributed by atoms with Crippen molar-refractivity contribution in [2.75, 3.05) is 18.0 Å². The maximum Gasteiger partial charge on any atom is 0.254 e. The molecular formula is C18H22N2O3S. The number of hydrogen-bond donors (Lipinski definition) is 1. The Hall–Kier alpha value is -2.34. The molecule has 0 aliphatic carbocycles. The van der Waals surface area contributed by atoms with Crippen molar-refractivity contribution in [1.29, 1.82) is 0 Å². The first-order valence-corrected chi connectivity index (χ1v) is 9.45. The Morgan fingerprint density at radius 2 is 1.71 bits per heavy atom. The van der Waals surface area contributed by atoms with Crippen LogP contribution in [0.15, 0.2) is 42.5 Å². The zero-order valence-corrected chi connectivity index (χ0v) is 15.1. The number of benzene rings is 2. The summed E-state index contributed by atoms with van der Waals surface area (Å²) in [6.45, 7) is 4.24. The molecule has 0 bridgehead atoms. The van der Waals surface area contributed by atoms with E-state index in [0.717, 1.165) is 11.8 Å². The van der Waals surface area contributed by atoms with E-state index in [-0.39, 0.29) is 5.91 Å². The highest BCUT2D eigenvalue weighted by molar-refractivity contribution is 7.92. The molecule has 5 nitrogen and oxygen atoms in total. The Labute approximate surface area is 143 Å². The molecule has 0 saturated carbocycles. The molecule has 1 N–H and O–H groups in total. The van der Waals surface area contributed by atoms with E-state index in [9.17, 15) is 13.2 Å². The van der Waals surface area contributed by atoms with Gasteiger partial charge in [0.15, 0.2) is 0 Å². The topological polar surface area (TPSA) is 66.5 Å². The van der Waals surface area contributed by atoms with E-state index in [1.165, 1.54) is 5.56 Å². The first-order valence-electron chi connectivity index (χ1n) is 7.56. The van der Waals surface area contributed by atoms with E-state index in [2.05, 4.69) is 4.72 Å². The molecule has 2 aromatic carbocycles. The fourth-order valence-corrected chi connectivity index (χ4v) is 3.04. The molecule has 0 atom stereocenters. The standard InChI is InChI=1S/C18H22N2O3S/c1-13-8-10-15(11-9-13)12-20(3)18(21)16-6-5-7-17(14(16)2)19-24(4,22)23/h5-11,19H,12H2,1-4H3. The predicted molar refractivity (Wildman–Crippen MR) is 96.6 cm³/mol. The molecule has 0 fully saturated rings. The zero-order valence-electron chi connectivity index (χ0n) is 14.3. The Balaban J connectivity index is 2.22. The summed E-state index contributed by atoms with van der Waals surface area (Å²) in [6, 6.07) is 13.0. The number of sulfonamides is 1. The summed E-state index contributed by atoms with van der Waals surface area (Å²) >= 11 is 0. The van der Waals surface area contributed by atoms with Gasteiger partial charge in [-0.2, -0.15) is 0 Å². The van der Waals surface area contributed by atoms with Crippen molar-refractivity contribution in [3.63, 3.8) is 0 Å². The van der Waals surface area contributed by atoms with Crippen molar-refractivity contribution in [2.45, 2.75) is 20.4 Å². The van der Waals surface area contributed by atoms with Crippen molar-refractivity contribution in [2.24, 2.45) is 0 Å². The van der Waals surface area contributed by atoms with Crippen LogP contribution in [0.25, 0.3) is 0 Å². The van der Waals surface area contributed by atoms with Crippen LogP contribution < -0.4 is 4.72 Å². The quantitative estimate of drug-likeness (QED) is 0.905. The molecule has 6 heteroatoms. The number of hydrogen-bond acceptors (Lipinski definition) is 3. The second-order valence-electron chi connectivity index (χ2n) is 6.00. The lowest BCUT2D eigenvalue weighted by molar-refractivity contribution is 0.0784. The summed E-state index contributed by atoms with van der Waals surface area (Å²) in [6.07, 6.45) is 1.09. The van der Waals surface area contributed by atoms with Gasteiger partial charge in [0.25, 0.3) is 5.91 Å². The summed E-state index contributed by atoms with van der Waals surface area (Å²) < 4.78 is 25.3. The normalized spacial score (nSPS) is 11.2. The lowest BCUT2D eigenvalue weighted by Crippen LogP contribution is -2.27. The highest BCUT2D eigenvalue weighted by Gasteiger charge is 2.17. The lowest BCUT2D eigenvalue weighted by atomic mass is 10.1. The molecule has 0 spiro atoms. The van der Waals surface area contributed by atoms with Gasteiger partial charge in [-0.15, -0.1) is 0 Å². The molecule has 24 heavy (non-hydrogen) atoms. The van der Waals surface area contributed by atoms with Gasteiger partial charge < -0.3 is 4.90 Å². The van der Waals surface area contributed by atoms with Crippen molar-refractivity contribution >= 4 is 21.6 Å². The summed E-state index contributed by atoms with van der Waals surface area (Å²) in [5, 5.41) is 0. The van der Waals surface area contributed by atoms with Gasteiger partial charge in [0.1, 0.15) is 0 Å². The second kappa shape index (κ2) is 7.05. The third-order valence-electron chi connectivity index (χ3n) is 3.75. The van der Waals surface area contributed by atoms with Crippen molar-refractivity contribution in [3.05, 3.63) is 64.7 Å². The molecule has 0 radical (unpaired) electrons. The van der Waals surface area contributed by atoms with E-state index < -0.39 is 10.0 Å². The van der Waals surface area contributed by atoms with E-state index in [0.29, 0.717) is 23.4 Å². The van der Waals surface area contributed by atoms with Gasteiger partial charge in [-0.25, -0.2) is 8.42 Å². The molecule has 128 valence electrons. The summed E-state index contributed by atoms with van der Waals surface area (Å²) in [5.74, 6) is -0.148. The second-order valence-corrected chi connectivity index (χ2v) is 7.75. The predicted octanol–water partition coefficient (Wildman–Crippen LogP) is 2.95. The minimum Gasteiger partial charge on any atom is -0.337 e. The molecule has 2 aromatic rings. The third kappa shape index (κ3) is 4.58. The molecule has 0 saturated heterocycles. The van der Waals surface area contributed by atoms with Crippen LogP contribution in [0.2, 0.25) is 0 Å². The fraction of sp³-hybridized carbons (Fsp3) is 0.278. The first kappa shape index (κ1) is 18.0. The highest BCUT2D eigenvalue weighted by atomic mass is 32.2. The van der Waals surface area contributed by atoms with Gasteiger partial charge in [-0.1, -0.05) is 35.9 Å². The minimum atomic E-state index is -3.39. The zero-order chi connectivity index (χ0) is 17.9. The van der Waals surface area contributed by atoms with Crippen molar-refractivity contribution in [3.8, 4) is 0 Å². The average Bonchev–Trinajstić information content (AvgIpc) is 2.49. The molecule has 2 rings (SSSR count). The van der Waals surface area contributed by atoms with E-state index in [1.807, 2.05) is 31.2 Å². The fourth-order valence-electron chi connectivity index (χ4n) is 2.42. The number of carbonyl (C=O) groups is 1. The SMILES string of the molecule is Cc1ccc(CN(C)C(=O)c2cccc(NS(C)(=O)=O)c2C)cc1. The Kier molecular flexibility index (Phi) is 5.29. The molecule has 0 unspecified atom stereocenters. The van der Waals surface area contributed by atoms with Crippen LogP contribution in [-0.2, 0) is 16.6 Å². The van der Waals surface area contributed by atoms with Gasteiger partial charge >= 0.3 is 0 Å². The number of rotatable bonds is 5. The number of amides is 1. The maximum atomic E-state index is 12.7. The van der Waals surface area contributed by atoms with Gasteiger partial charge in [-0.3, -0.25) is 9.52 Å². The van der Waals surface area contributed by atoms with E-state index >= 15 is 0 Å². The Morgan fingerprint density at radius 3 is 2.29 bits per heavy atom. The molecule has 0 heterocycles. The molecule has 0 aliphatic heterocycles. The van der Waals surface area contributed by atoms with E-state index in [4.69, 9.17) is 0 Å². The van der Waals surface area contributed by atoms with Gasteiger partial charge in [0.05, 0.1) is 11.9 Å². The van der Waals surface area contributed by atoms with Gasteiger partial charge in [0, 0.05) is 19.2 Å². The summed E-state index contributed by atoms with van der Waals surface area (Å²) in [4.78, 5) is 14.3. The molecular weight excluding hydrogens is 324 g/mol. The molecule has 0 aliphatic rings. The highest BCUT2D eigenvalue weighted by Crippen LogP contribution is 2.21. The molecule has 1 amide bonds. The Bertz CT molecular complexity index is 843. The van der Waals surface area contributed by atoms with Gasteiger partial charge in [-0.05, 0) is 37.1 Å². The number of carbonyl (C=O) groups excluding carboxylic acids is 1. The summed E-state index contributed by atoms with van der Waals surface area (Å²) in [7, 11) is -1.66. The number of nitrogens with zero attached hydrogens (tertiary/aromatic N) is 1. The minimum absolute atomic E-state index is 0.148. The van der Waals surface area contributed by atoms with E-state index in [1.54, 1.807) is 37.1 Å². The maximum absolute atomic E-state index is 12.7. The largest absolute Gasteiger partial charge is 0.337 e. The van der Waals surface area contributed by atoms with Crippen LogP contribution >= 0.6 is 0 Å². The number of nitrogens with one attached hydrogen (secondary N) is 1. The van der Waals surface area contributed by atoms with Crippen LogP contribution in [-0.4, -0.2) is 32.5 Å². The number of aryl methyl sites for hydroxylation is 1. The van der Waals surface area contributed by atoms with Crippen LogP contribution in [0.1, 0.15) is 27.0 Å². The Morgan fingerprint density at radius 1 is 1.08 bits per heavy atom. The van der Waals surface area contributed by atoms with Crippen LogP contribution in [0.3, 0.4) is 0 Å². The summed E-state index contributed by atoms with van der Waals surface area (Å²) in [5.41, 5.74) is 3.73. The van der Waals surface area contributed by atoms with Crippen molar-refractivity contribution in [1.82, 2.24) is 4.90 Å². The number of anilines is 1. The van der Waals surface area contributed by atoms with Crippen LogP contribution in [0.4, 0.5) is 5.69 Å².